The Hall–Kier alpha value is -2.72. The molecule has 0 aromatic heterocycles. The van der Waals surface area contributed by atoms with Crippen molar-refractivity contribution in [2.75, 3.05) is 11.9 Å². The summed E-state index contributed by atoms with van der Waals surface area (Å²) in [6, 6.07) is 20.2. The molecule has 0 saturated heterocycles. The number of benzene rings is 3. The van der Waals surface area contributed by atoms with Crippen molar-refractivity contribution >= 4 is 23.4 Å². The fraction of sp³-hybridized carbons (Fsp3) is 0.240. The van der Waals surface area contributed by atoms with Gasteiger partial charge < -0.3 is 10.1 Å². The van der Waals surface area contributed by atoms with Gasteiger partial charge >= 0.3 is 0 Å². The number of ether oxygens (including phenoxy) is 1. The van der Waals surface area contributed by atoms with Gasteiger partial charge in [0.1, 0.15) is 5.75 Å². The van der Waals surface area contributed by atoms with Gasteiger partial charge in [0.15, 0.2) is 0 Å². The summed E-state index contributed by atoms with van der Waals surface area (Å²) in [5, 5.41) is 3.01. The normalized spacial score (nSPS) is 10.6. The lowest BCUT2D eigenvalue weighted by molar-refractivity contribution is 0.102. The van der Waals surface area contributed by atoms with Gasteiger partial charge in [0.05, 0.1) is 6.61 Å². The number of hydrogen-bond donors (Lipinski definition) is 1. The lowest BCUT2D eigenvalue weighted by Crippen LogP contribution is -2.12. The van der Waals surface area contributed by atoms with E-state index in [4.69, 9.17) is 4.74 Å². The molecular weight excluding hydrogens is 378 g/mol. The topological polar surface area (TPSA) is 38.3 Å². The van der Waals surface area contributed by atoms with Crippen molar-refractivity contribution in [2.24, 2.45) is 0 Å². The predicted octanol–water partition coefficient (Wildman–Crippen LogP) is 6.56. The van der Waals surface area contributed by atoms with Crippen molar-refractivity contribution in [3.63, 3.8) is 0 Å². The third-order valence-electron chi connectivity index (χ3n) is 4.52. The van der Waals surface area contributed by atoms with Crippen LogP contribution in [0, 0.1) is 20.8 Å². The summed E-state index contributed by atoms with van der Waals surface area (Å²) in [6.45, 7) is 8.70. The van der Waals surface area contributed by atoms with E-state index in [0.29, 0.717) is 12.2 Å². The highest BCUT2D eigenvalue weighted by Crippen LogP contribution is 2.29. The molecule has 0 unspecified atom stereocenters. The number of thioether (sulfide) groups is 1. The van der Waals surface area contributed by atoms with E-state index >= 15 is 0 Å². The molecule has 0 aliphatic rings. The standard InChI is InChI=1S/C25H27NO2S/c1-5-28-24-11-8-20(25(27)26-22-13-18(3)12-19(4)14-22)15-21(24)16-29-23-9-6-17(2)7-10-23/h6-15H,5,16H2,1-4H3,(H,26,27). The van der Waals surface area contributed by atoms with Crippen LogP contribution in [0.5, 0.6) is 5.75 Å². The Balaban J connectivity index is 1.79. The minimum absolute atomic E-state index is 0.111. The number of aryl methyl sites for hydroxylation is 3. The number of carbonyl (C=O) groups excluding carboxylic acids is 1. The second kappa shape index (κ2) is 9.66. The Morgan fingerprint density at radius 2 is 1.59 bits per heavy atom. The largest absolute Gasteiger partial charge is 0.494 e. The Kier molecular flexibility index (Phi) is 6.99. The van der Waals surface area contributed by atoms with Crippen molar-refractivity contribution in [1.82, 2.24) is 0 Å². The van der Waals surface area contributed by atoms with Crippen LogP contribution in [0.15, 0.2) is 65.6 Å². The number of hydrogen-bond acceptors (Lipinski definition) is 3. The van der Waals surface area contributed by atoms with Gasteiger partial charge in [0, 0.05) is 27.5 Å². The summed E-state index contributed by atoms with van der Waals surface area (Å²) < 4.78 is 5.78. The smallest absolute Gasteiger partial charge is 0.255 e. The van der Waals surface area contributed by atoms with Crippen LogP contribution in [-0.4, -0.2) is 12.5 Å². The zero-order valence-corrected chi connectivity index (χ0v) is 18.2. The van der Waals surface area contributed by atoms with Gasteiger partial charge in [-0.3, -0.25) is 4.79 Å². The third-order valence-corrected chi connectivity index (χ3v) is 5.58. The SMILES string of the molecule is CCOc1ccc(C(=O)Nc2cc(C)cc(C)c2)cc1CSc1ccc(C)cc1. The molecule has 0 aliphatic heterocycles. The number of nitrogens with one attached hydrogen (secondary N) is 1. The highest BCUT2D eigenvalue weighted by molar-refractivity contribution is 7.98. The van der Waals surface area contributed by atoms with Gasteiger partial charge in [-0.15, -0.1) is 11.8 Å². The van der Waals surface area contributed by atoms with Crippen LogP contribution in [0.4, 0.5) is 5.69 Å². The van der Waals surface area contributed by atoms with E-state index in [-0.39, 0.29) is 5.91 Å². The van der Waals surface area contributed by atoms with Gasteiger partial charge in [0.2, 0.25) is 0 Å². The minimum Gasteiger partial charge on any atom is -0.494 e. The zero-order valence-electron chi connectivity index (χ0n) is 17.4. The van der Waals surface area contributed by atoms with Crippen LogP contribution < -0.4 is 10.1 Å². The molecule has 0 radical (unpaired) electrons. The maximum atomic E-state index is 12.8. The summed E-state index contributed by atoms with van der Waals surface area (Å²) in [5.74, 6) is 1.46. The molecule has 3 rings (SSSR count). The Labute approximate surface area is 177 Å². The van der Waals surface area contributed by atoms with E-state index in [9.17, 15) is 4.79 Å². The van der Waals surface area contributed by atoms with Crippen molar-refractivity contribution in [2.45, 2.75) is 38.3 Å². The molecule has 4 heteroatoms. The fourth-order valence-corrected chi connectivity index (χ4v) is 4.05. The van der Waals surface area contributed by atoms with Crippen LogP contribution in [0.1, 0.15) is 39.5 Å². The van der Waals surface area contributed by atoms with Gasteiger partial charge in [-0.1, -0.05) is 23.8 Å². The quantitative estimate of drug-likeness (QED) is 0.453. The monoisotopic (exact) mass is 405 g/mol. The number of rotatable bonds is 7. The summed E-state index contributed by atoms with van der Waals surface area (Å²) in [4.78, 5) is 14.0. The van der Waals surface area contributed by atoms with Gasteiger partial charge in [0.25, 0.3) is 5.91 Å². The summed E-state index contributed by atoms with van der Waals surface area (Å²) in [7, 11) is 0. The zero-order chi connectivity index (χ0) is 20.8. The molecule has 29 heavy (non-hydrogen) atoms. The van der Waals surface area contributed by atoms with Gasteiger partial charge in [-0.05, 0) is 81.3 Å². The van der Waals surface area contributed by atoms with Crippen molar-refractivity contribution in [3.05, 3.63) is 88.5 Å². The third kappa shape index (κ3) is 5.88. The number of carbonyl (C=O) groups is 1. The Morgan fingerprint density at radius 1 is 0.897 bits per heavy atom. The molecule has 0 aliphatic carbocycles. The maximum absolute atomic E-state index is 12.8. The van der Waals surface area contributed by atoms with Crippen LogP contribution in [0.25, 0.3) is 0 Å². The average Bonchev–Trinajstić information content (AvgIpc) is 2.67. The first-order valence-electron chi connectivity index (χ1n) is 9.79. The molecule has 1 N–H and O–H groups in total. The first kappa shape index (κ1) is 21.0. The maximum Gasteiger partial charge on any atom is 0.255 e. The van der Waals surface area contributed by atoms with E-state index in [1.165, 1.54) is 10.5 Å². The molecule has 0 saturated carbocycles. The molecule has 0 bridgehead atoms. The number of amides is 1. The molecule has 3 aromatic carbocycles. The highest BCUT2D eigenvalue weighted by Gasteiger charge is 2.12. The summed E-state index contributed by atoms with van der Waals surface area (Å²) >= 11 is 1.74. The van der Waals surface area contributed by atoms with Crippen LogP contribution in [0.3, 0.4) is 0 Å². The molecule has 0 spiro atoms. The molecule has 0 fully saturated rings. The van der Waals surface area contributed by atoms with E-state index in [0.717, 1.165) is 33.9 Å². The second-order valence-corrected chi connectivity index (χ2v) is 8.24. The first-order valence-corrected chi connectivity index (χ1v) is 10.8. The van der Waals surface area contributed by atoms with Crippen LogP contribution in [-0.2, 0) is 5.75 Å². The minimum atomic E-state index is -0.111. The molecule has 3 nitrogen and oxygen atoms in total. The lowest BCUT2D eigenvalue weighted by atomic mass is 10.1. The predicted molar refractivity (Wildman–Crippen MR) is 122 cm³/mol. The number of anilines is 1. The molecule has 150 valence electrons. The summed E-state index contributed by atoms with van der Waals surface area (Å²) in [6.07, 6.45) is 0. The molecule has 0 atom stereocenters. The second-order valence-electron chi connectivity index (χ2n) is 7.19. The van der Waals surface area contributed by atoms with E-state index in [1.807, 2.05) is 51.1 Å². The van der Waals surface area contributed by atoms with E-state index in [2.05, 4.69) is 42.6 Å². The van der Waals surface area contributed by atoms with Gasteiger partial charge in [-0.25, -0.2) is 0 Å². The van der Waals surface area contributed by atoms with Crippen LogP contribution in [0.2, 0.25) is 0 Å². The van der Waals surface area contributed by atoms with E-state index in [1.54, 1.807) is 11.8 Å². The van der Waals surface area contributed by atoms with E-state index < -0.39 is 0 Å². The summed E-state index contributed by atoms with van der Waals surface area (Å²) in [5.41, 5.74) is 5.97. The Morgan fingerprint density at radius 3 is 2.24 bits per heavy atom. The molecule has 0 heterocycles. The van der Waals surface area contributed by atoms with Crippen molar-refractivity contribution < 1.29 is 9.53 Å². The molecular formula is C25H27NO2S. The fourth-order valence-electron chi connectivity index (χ4n) is 3.18. The van der Waals surface area contributed by atoms with Crippen molar-refractivity contribution in [3.8, 4) is 5.75 Å². The average molecular weight is 406 g/mol. The van der Waals surface area contributed by atoms with Gasteiger partial charge in [-0.2, -0.15) is 0 Å². The van der Waals surface area contributed by atoms with Crippen molar-refractivity contribution in [1.29, 1.82) is 0 Å². The first-order chi connectivity index (χ1) is 13.9. The molecule has 3 aromatic rings. The Bertz CT molecular complexity index is 976. The highest BCUT2D eigenvalue weighted by atomic mass is 32.2. The molecule has 1 amide bonds. The lowest BCUT2D eigenvalue weighted by Gasteiger charge is -2.13. The van der Waals surface area contributed by atoms with Crippen LogP contribution >= 0.6 is 11.8 Å².